The second-order valence-corrected chi connectivity index (χ2v) is 16.4. The number of carbonyl (C=O) groups excluding carboxylic acids is 2. The Morgan fingerprint density at radius 2 is 1.56 bits per heavy atom. The molecule has 1 amide bonds. The first kappa shape index (κ1) is 30.8. The summed E-state index contributed by atoms with van der Waals surface area (Å²) in [5.41, 5.74) is 2.02. The molecule has 0 aromatic heterocycles. The maximum Gasteiger partial charge on any atom is 0.333 e. The van der Waals surface area contributed by atoms with Crippen LogP contribution in [0, 0.1) is 11.8 Å². The van der Waals surface area contributed by atoms with Crippen LogP contribution in [-0.2, 0) is 18.8 Å². The zero-order valence-electron chi connectivity index (χ0n) is 24.9. The summed E-state index contributed by atoms with van der Waals surface area (Å²) in [7, 11) is -1.19. The summed E-state index contributed by atoms with van der Waals surface area (Å²) in [5, 5.41) is 5.44. The quantitative estimate of drug-likeness (QED) is 0.270. The van der Waals surface area contributed by atoms with Gasteiger partial charge in [-0.15, -0.1) is 0 Å². The van der Waals surface area contributed by atoms with Gasteiger partial charge in [-0.05, 0) is 60.4 Å². The minimum atomic E-state index is -2.66. The van der Waals surface area contributed by atoms with E-state index in [1.807, 2.05) is 0 Å². The highest BCUT2D eigenvalue weighted by molar-refractivity contribution is 6.99. The predicted octanol–water partition coefficient (Wildman–Crippen LogP) is 5.77. The molecule has 1 aliphatic carbocycles. The van der Waals surface area contributed by atoms with E-state index >= 15 is 0 Å². The van der Waals surface area contributed by atoms with Crippen LogP contribution >= 0.6 is 0 Å². The van der Waals surface area contributed by atoms with Gasteiger partial charge in [-0.1, -0.05) is 93.9 Å². The van der Waals surface area contributed by atoms with E-state index in [0.29, 0.717) is 12.5 Å². The summed E-state index contributed by atoms with van der Waals surface area (Å²) in [6, 6.07) is 21.5. The first-order valence-electron chi connectivity index (χ1n) is 14.3. The van der Waals surface area contributed by atoms with E-state index < -0.39 is 8.32 Å². The van der Waals surface area contributed by atoms with E-state index in [0.717, 1.165) is 37.7 Å². The van der Waals surface area contributed by atoms with Crippen molar-refractivity contribution < 1.29 is 18.8 Å². The molecule has 6 heteroatoms. The lowest BCUT2D eigenvalue weighted by Gasteiger charge is -2.43. The van der Waals surface area contributed by atoms with Crippen molar-refractivity contribution in [3.05, 3.63) is 71.8 Å². The molecule has 0 radical (unpaired) electrons. The van der Waals surface area contributed by atoms with E-state index in [4.69, 9.17) is 9.16 Å². The molecule has 0 aliphatic heterocycles. The molecule has 1 N–H and O–H groups in total. The van der Waals surface area contributed by atoms with Crippen molar-refractivity contribution >= 4 is 30.6 Å². The number of hydrogen-bond acceptors (Lipinski definition) is 4. The maximum absolute atomic E-state index is 12.7. The van der Waals surface area contributed by atoms with Gasteiger partial charge >= 0.3 is 5.97 Å². The predicted molar refractivity (Wildman–Crippen MR) is 162 cm³/mol. The molecule has 39 heavy (non-hydrogen) atoms. The molecular formula is C33H47NO4Si. The van der Waals surface area contributed by atoms with Gasteiger partial charge in [0.05, 0.1) is 7.11 Å². The third-order valence-corrected chi connectivity index (χ3v) is 13.4. The van der Waals surface area contributed by atoms with Gasteiger partial charge in [-0.2, -0.15) is 0 Å². The number of ether oxygens (including phenoxy) is 1. The highest BCUT2D eigenvalue weighted by atomic mass is 28.4. The zero-order valence-corrected chi connectivity index (χ0v) is 25.9. The maximum atomic E-state index is 12.7. The van der Waals surface area contributed by atoms with Crippen LogP contribution in [0.5, 0.6) is 0 Å². The van der Waals surface area contributed by atoms with E-state index in [2.05, 4.69) is 101 Å². The first-order valence-corrected chi connectivity index (χ1v) is 16.2. The monoisotopic (exact) mass is 549 g/mol. The highest BCUT2D eigenvalue weighted by Gasteiger charge is 2.50. The van der Waals surface area contributed by atoms with Crippen LogP contribution in [0.15, 0.2) is 71.8 Å². The number of benzene rings is 2. The Kier molecular flexibility index (Phi) is 10.7. The van der Waals surface area contributed by atoms with Crippen molar-refractivity contribution in [3.8, 4) is 0 Å². The Hall–Kier alpha value is -2.70. The molecule has 2 aromatic rings. The zero-order chi connectivity index (χ0) is 28.6. The molecule has 212 valence electrons. The third kappa shape index (κ3) is 7.28. The summed E-state index contributed by atoms with van der Waals surface area (Å²) in [5.74, 6) is 0.326. The number of carbonyl (C=O) groups is 2. The summed E-state index contributed by atoms with van der Waals surface area (Å²) in [6.07, 6.45) is 4.40. The second-order valence-electron chi connectivity index (χ2n) is 12.1. The Balaban J connectivity index is 1.88. The fourth-order valence-corrected chi connectivity index (χ4v) is 10.7. The summed E-state index contributed by atoms with van der Waals surface area (Å²) < 4.78 is 12.4. The van der Waals surface area contributed by atoms with E-state index in [9.17, 15) is 9.59 Å². The van der Waals surface area contributed by atoms with Crippen LogP contribution in [-0.4, -0.2) is 40.0 Å². The van der Waals surface area contributed by atoms with Gasteiger partial charge in [-0.25, -0.2) is 4.79 Å². The standard InChI is InChI=1S/C33H47NO4Si/c1-24(25(2)34-26(3)35)15-14-20-30-27(21-22-31(30)32(36)37-7)23-38-39(33(4,5)6,28-16-10-8-11-17-28)29-18-12-9-13-19-29/h8-13,16-19,24-25,27H,14-15,20-23H2,1-7H3,(H,34,35). The molecule has 3 atom stereocenters. The number of esters is 1. The Labute approximate surface area is 236 Å². The molecule has 0 saturated heterocycles. The molecular weight excluding hydrogens is 502 g/mol. The molecule has 0 heterocycles. The first-order chi connectivity index (χ1) is 18.5. The number of methoxy groups -OCH3 is 1. The fourth-order valence-electron chi connectivity index (χ4n) is 6.11. The van der Waals surface area contributed by atoms with E-state index in [1.165, 1.54) is 23.1 Å². The van der Waals surface area contributed by atoms with Crippen molar-refractivity contribution in [3.63, 3.8) is 0 Å². The average molecular weight is 550 g/mol. The van der Waals surface area contributed by atoms with Gasteiger partial charge in [0, 0.05) is 31.1 Å². The second kappa shape index (κ2) is 13.6. The van der Waals surface area contributed by atoms with Gasteiger partial charge < -0.3 is 14.5 Å². The third-order valence-electron chi connectivity index (χ3n) is 8.36. The molecule has 2 aromatic carbocycles. The van der Waals surface area contributed by atoms with Gasteiger partial charge in [0.15, 0.2) is 0 Å². The van der Waals surface area contributed by atoms with Crippen molar-refractivity contribution in [2.45, 2.75) is 84.7 Å². The summed E-state index contributed by atoms with van der Waals surface area (Å²) >= 11 is 0. The van der Waals surface area contributed by atoms with Crippen LogP contribution in [0.25, 0.3) is 0 Å². The van der Waals surface area contributed by atoms with Crippen LogP contribution in [0.4, 0.5) is 0 Å². The van der Waals surface area contributed by atoms with Crippen molar-refractivity contribution in [2.24, 2.45) is 11.8 Å². The molecule has 0 bridgehead atoms. The minimum absolute atomic E-state index is 0.00127. The van der Waals surface area contributed by atoms with Crippen molar-refractivity contribution in [2.75, 3.05) is 13.7 Å². The molecule has 0 fully saturated rings. The summed E-state index contributed by atoms with van der Waals surface area (Å²) in [4.78, 5) is 24.2. The van der Waals surface area contributed by atoms with E-state index in [-0.39, 0.29) is 28.9 Å². The topological polar surface area (TPSA) is 64.6 Å². The molecule has 0 saturated carbocycles. The van der Waals surface area contributed by atoms with Gasteiger partial charge in [0.2, 0.25) is 5.91 Å². The normalized spacial score (nSPS) is 17.6. The highest BCUT2D eigenvalue weighted by Crippen LogP contribution is 2.40. The lowest BCUT2D eigenvalue weighted by molar-refractivity contribution is -0.136. The molecule has 3 rings (SSSR count). The summed E-state index contributed by atoms with van der Waals surface area (Å²) in [6.45, 7) is 13.3. The largest absolute Gasteiger partial charge is 0.466 e. The van der Waals surface area contributed by atoms with Crippen LogP contribution in [0.3, 0.4) is 0 Å². The SMILES string of the molecule is COC(=O)C1=C(CCCC(C)C(C)NC(C)=O)C(CO[Si](c2ccccc2)(c2ccccc2)C(C)(C)C)CC1. The lowest BCUT2D eigenvalue weighted by atomic mass is 9.91. The number of amides is 1. The minimum Gasteiger partial charge on any atom is -0.466 e. The average Bonchev–Trinajstić information content (AvgIpc) is 3.31. The lowest BCUT2D eigenvalue weighted by Crippen LogP contribution is -2.66. The Morgan fingerprint density at radius 3 is 2.05 bits per heavy atom. The van der Waals surface area contributed by atoms with Crippen molar-refractivity contribution in [1.82, 2.24) is 5.32 Å². The number of rotatable bonds is 12. The number of hydrogen-bond donors (Lipinski definition) is 1. The number of nitrogens with one attached hydrogen (secondary N) is 1. The van der Waals surface area contributed by atoms with Gasteiger partial charge in [-0.3, -0.25) is 4.79 Å². The van der Waals surface area contributed by atoms with E-state index in [1.54, 1.807) is 6.92 Å². The van der Waals surface area contributed by atoms with Crippen LogP contribution in [0.2, 0.25) is 5.04 Å². The van der Waals surface area contributed by atoms with Crippen LogP contribution < -0.4 is 15.7 Å². The Morgan fingerprint density at radius 1 is 1.00 bits per heavy atom. The van der Waals surface area contributed by atoms with Crippen LogP contribution in [0.1, 0.15) is 73.6 Å². The van der Waals surface area contributed by atoms with Gasteiger partial charge in [0.1, 0.15) is 0 Å². The van der Waals surface area contributed by atoms with Crippen molar-refractivity contribution in [1.29, 1.82) is 0 Å². The molecule has 1 aliphatic rings. The molecule has 3 unspecified atom stereocenters. The smallest absolute Gasteiger partial charge is 0.333 e. The Bertz CT molecular complexity index is 1080. The molecule has 0 spiro atoms. The molecule has 5 nitrogen and oxygen atoms in total. The fraction of sp³-hybridized carbons (Fsp3) is 0.515. The van der Waals surface area contributed by atoms with Gasteiger partial charge in [0.25, 0.3) is 8.32 Å².